The van der Waals surface area contributed by atoms with Crippen LogP contribution in [0.15, 0.2) is 24.3 Å². The number of carbonyl (C=O) groups is 2. The maximum atomic E-state index is 12.5. The molecule has 0 atom stereocenters. The summed E-state index contributed by atoms with van der Waals surface area (Å²) < 4.78 is 0. The Morgan fingerprint density at radius 1 is 1.10 bits per heavy atom. The Kier molecular flexibility index (Phi) is 6.30. The molecule has 154 valence electrons. The van der Waals surface area contributed by atoms with Gasteiger partial charge in [-0.25, -0.2) is 0 Å². The Morgan fingerprint density at radius 2 is 1.83 bits per heavy atom. The zero-order valence-corrected chi connectivity index (χ0v) is 17.7. The standard InChI is InChI=1S/C20H24ClN5O2S/c21-16-6-4-14(5-7-16)13-22-18(28)15-8-11-25(12-9-15)19-23-24-20(29-19)26-10-2-1-3-17(26)27/h4-7,15H,1-3,8-13H2,(H,22,28). The van der Waals surface area contributed by atoms with Crippen molar-refractivity contribution in [1.82, 2.24) is 15.5 Å². The topological polar surface area (TPSA) is 78.4 Å². The van der Waals surface area contributed by atoms with Crippen LogP contribution in [0.1, 0.15) is 37.7 Å². The fourth-order valence-corrected chi connectivity index (χ4v) is 4.79. The first-order chi connectivity index (χ1) is 14.1. The van der Waals surface area contributed by atoms with Crippen molar-refractivity contribution in [3.63, 3.8) is 0 Å². The molecule has 0 saturated carbocycles. The second kappa shape index (κ2) is 9.09. The van der Waals surface area contributed by atoms with Gasteiger partial charge >= 0.3 is 0 Å². The summed E-state index contributed by atoms with van der Waals surface area (Å²) in [5, 5.41) is 13.8. The van der Waals surface area contributed by atoms with Crippen molar-refractivity contribution in [1.29, 1.82) is 0 Å². The van der Waals surface area contributed by atoms with E-state index in [1.54, 1.807) is 4.90 Å². The fraction of sp³-hybridized carbons (Fsp3) is 0.500. The normalized spacial score (nSPS) is 18.2. The zero-order valence-electron chi connectivity index (χ0n) is 16.1. The third-order valence-corrected chi connectivity index (χ3v) is 6.73. The van der Waals surface area contributed by atoms with Gasteiger partial charge in [0.2, 0.25) is 22.1 Å². The second-order valence-corrected chi connectivity index (χ2v) is 8.85. The van der Waals surface area contributed by atoms with E-state index in [1.807, 2.05) is 24.3 Å². The van der Waals surface area contributed by atoms with E-state index < -0.39 is 0 Å². The van der Waals surface area contributed by atoms with E-state index in [4.69, 9.17) is 11.6 Å². The third-order valence-electron chi connectivity index (χ3n) is 5.47. The summed E-state index contributed by atoms with van der Waals surface area (Å²) in [5.41, 5.74) is 1.04. The van der Waals surface area contributed by atoms with Crippen LogP contribution < -0.4 is 15.1 Å². The van der Waals surface area contributed by atoms with E-state index >= 15 is 0 Å². The fourth-order valence-electron chi connectivity index (χ4n) is 3.72. The molecule has 1 aromatic heterocycles. The Hall–Kier alpha value is -2.19. The molecule has 29 heavy (non-hydrogen) atoms. The average molecular weight is 434 g/mol. The van der Waals surface area contributed by atoms with Crippen LogP contribution in [0.4, 0.5) is 10.3 Å². The van der Waals surface area contributed by atoms with Gasteiger partial charge in [-0.3, -0.25) is 14.5 Å². The molecule has 9 heteroatoms. The smallest absolute Gasteiger partial charge is 0.228 e. The molecule has 2 aromatic rings. The van der Waals surface area contributed by atoms with E-state index in [9.17, 15) is 9.59 Å². The van der Waals surface area contributed by atoms with Gasteiger partial charge < -0.3 is 10.2 Å². The summed E-state index contributed by atoms with van der Waals surface area (Å²) in [6.45, 7) is 2.77. The average Bonchev–Trinajstić information content (AvgIpc) is 3.23. The molecule has 4 rings (SSSR count). The Morgan fingerprint density at radius 3 is 2.55 bits per heavy atom. The van der Waals surface area contributed by atoms with Gasteiger partial charge in [0, 0.05) is 43.5 Å². The minimum atomic E-state index is 0.00890. The largest absolute Gasteiger partial charge is 0.352 e. The Labute approximate surface area is 179 Å². The lowest BCUT2D eigenvalue weighted by Crippen LogP contribution is -2.40. The third kappa shape index (κ3) is 4.87. The summed E-state index contributed by atoms with van der Waals surface area (Å²) >= 11 is 7.36. The predicted octanol–water partition coefficient (Wildman–Crippen LogP) is 3.24. The van der Waals surface area contributed by atoms with Crippen LogP contribution in [0.5, 0.6) is 0 Å². The van der Waals surface area contributed by atoms with Gasteiger partial charge in [0.05, 0.1) is 0 Å². The van der Waals surface area contributed by atoms with Crippen LogP contribution >= 0.6 is 22.9 Å². The number of carbonyl (C=O) groups excluding carboxylic acids is 2. The Balaban J connectivity index is 1.27. The van der Waals surface area contributed by atoms with Crippen LogP contribution in [-0.4, -0.2) is 41.6 Å². The molecule has 2 aliphatic rings. The van der Waals surface area contributed by atoms with Gasteiger partial charge in [-0.05, 0) is 43.4 Å². The summed E-state index contributed by atoms with van der Waals surface area (Å²) in [7, 11) is 0. The van der Waals surface area contributed by atoms with Crippen LogP contribution in [0, 0.1) is 5.92 Å². The lowest BCUT2D eigenvalue weighted by Gasteiger charge is -2.30. The molecule has 3 heterocycles. The molecule has 0 spiro atoms. The highest BCUT2D eigenvalue weighted by molar-refractivity contribution is 7.19. The van der Waals surface area contributed by atoms with Gasteiger partial charge in [-0.2, -0.15) is 0 Å². The molecule has 2 aliphatic heterocycles. The van der Waals surface area contributed by atoms with Crippen molar-refractivity contribution in [3.05, 3.63) is 34.9 Å². The van der Waals surface area contributed by atoms with Crippen molar-refractivity contribution in [2.24, 2.45) is 5.92 Å². The summed E-state index contributed by atoms with van der Waals surface area (Å²) in [5.74, 6) is 0.237. The quantitative estimate of drug-likeness (QED) is 0.783. The van der Waals surface area contributed by atoms with Crippen molar-refractivity contribution in [2.75, 3.05) is 29.4 Å². The number of piperidine rings is 2. The minimum Gasteiger partial charge on any atom is -0.352 e. The van der Waals surface area contributed by atoms with Crippen molar-refractivity contribution >= 4 is 45.0 Å². The maximum Gasteiger partial charge on any atom is 0.228 e. The number of rotatable bonds is 5. The molecule has 1 N–H and O–H groups in total. The van der Waals surface area contributed by atoms with Crippen LogP contribution in [-0.2, 0) is 16.1 Å². The molecule has 0 bridgehead atoms. The monoisotopic (exact) mass is 433 g/mol. The van der Waals surface area contributed by atoms with E-state index in [0.717, 1.165) is 56.0 Å². The van der Waals surface area contributed by atoms with Crippen molar-refractivity contribution in [3.8, 4) is 0 Å². The maximum absolute atomic E-state index is 12.5. The first kappa shape index (κ1) is 20.1. The lowest BCUT2D eigenvalue weighted by atomic mass is 9.96. The van der Waals surface area contributed by atoms with Gasteiger partial charge in [-0.1, -0.05) is 35.1 Å². The molecular formula is C20H24ClN5O2S. The molecular weight excluding hydrogens is 410 g/mol. The molecule has 2 fully saturated rings. The number of amides is 2. The van der Waals surface area contributed by atoms with Crippen LogP contribution in [0.2, 0.25) is 5.02 Å². The summed E-state index contributed by atoms with van der Waals surface area (Å²) in [6, 6.07) is 7.50. The molecule has 7 nitrogen and oxygen atoms in total. The highest BCUT2D eigenvalue weighted by atomic mass is 35.5. The molecule has 0 unspecified atom stereocenters. The lowest BCUT2D eigenvalue weighted by molar-refractivity contribution is -0.125. The highest BCUT2D eigenvalue weighted by Crippen LogP contribution is 2.31. The van der Waals surface area contributed by atoms with Crippen molar-refractivity contribution in [2.45, 2.75) is 38.6 Å². The van der Waals surface area contributed by atoms with E-state index in [2.05, 4.69) is 20.4 Å². The van der Waals surface area contributed by atoms with E-state index in [0.29, 0.717) is 23.1 Å². The van der Waals surface area contributed by atoms with E-state index in [1.165, 1.54) is 11.3 Å². The first-order valence-electron chi connectivity index (χ1n) is 10.0. The number of benzene rings is 1. The number of hydrogen-bond acceptors (Lipinski definition) is 6. The Bertz CT molecular complexity index is 864. The second-order valence-electron chi connectivity index (χ2n) is 7.48. The van der Waals surface area contributed by atoms with Gasteiger partial charge in [-0.15, -0.1) is 10.2 Å². The summed E-state index contributed by atoms with van der Waals surface area (Å²) in [4.78, 5) is 28.5. The summed E-state index contributed by atoms with van der Waals surface area (Å²) in [6.07, 6.45) is 4.12. The number of halogens is 1. The number of nitrogens with one attached hydrogen (secondary N) is 1. The predicted molar refractivity (Wildman–Crippen MR) is 114 cm³/mol. The number of hydrogen-bond donors (Lipinski definition) is 1. The highest BCUT2D eigenvalue weighted by Gasteiger charge is 2.28. The zero-order chi connectivity index (χ0) is 20.2. The van der Waals surface area contributed by atoms with Gasteiger partial charge in [0.25, 0.3) is 0 Å². The molecule has 2 amide bonds. The molecule has 0 radical (unpaired) electrons. The first-order valence-corrected chi connectivity index (χ1v) is 11.2. The number of nitrogens with zero attached hydrogens (tertiary/aromatic N) is 4. The molecule has 0 aliphatic carbocycles. The van der Waals surface area contributed by atoms with Crippen molar-refractivity contribution < 1.29 is 9.59 Å². The van der Waals surface area contributed by atoms with Gasteiger partial charge in [0.1, 0.15) is 0 Å². The SMILES string of the molecule is O=C(NCc1ccc(Cl)cc1)C1CCN(c2nnc(N3CCCCC3=O)s2)CC1. The van der Waals surface area contributed by atoms with Crippen LogP contribution in [0.3, 0.4) is 0 Å². The number of anilines is 2. The number of aromatic nitrogens is 2. The molecule has 1 aromatic carbocycles. The van der Waals surface area contributed by atoms with E-state index in [-0.39, 0.29) is 17.7 Å². The van der Waals surface area contributed by atoms with Gasteiger partial charge in [0.15, 0.2) is 0 Å². The molecule has 2 saturated heterocycles. The minimum absolute atomic E-state index is 0.00890. The van der Waals surface area contributed by atoms with Crippen LogP contribution in [0.25, 0.3) is 0 Å².